The summed E-state index contributed by atoms with van der Waals surface area (Å²) in [6, 6.07) is 3.37. The van der Waals surface area contributed by atoms with Gasteiger partial charge in [-0.1, -0.05) is 6.92 Å². The molecule has 0 bridgehead atoms. The predicted octanol–water partition coefficient (Wildman–Crippen LogP) is 3.18. The lowest BCUT2D eigenvalue weighted by molar-refractivity contribution is -0.130. The maximum atomic E-state index is 12.7. The van der Waals surface area contributed by atoms with E-state index in [2.05, 4.69) is 14.7 Å². The standard InChI is InChI=1S/C21H23F2N5O2/c1-2-17(29)28-8-12-13(9-28)18(12)15-6-14(26-20(27-15)10-3-4-10)11-5-16(30-21(22)23)19(24)25-7-11/h5-7,10,12-13,18,21H,2-4,8-9H2,1H3,(H2,24,25). The molecule has 9 heteroatoms. The fraction of sp³-hybridized carbons (Fsp3) is 0.524. The zero-order valence-electron chi connectivity index (χ0n) is 16.6. The lowest BCUT2D eigenvalue weighted by Gasteiger charge is -2.19. The number of nitrogens with zero attached hydrogens (tertiary/aromatic N) is 4. The lowest BCUT2D eigenvalue weighted by atomic mass is 10.1. The monoisotopic (exact) mass is 415 g/mol. The molecule has 7 nitrogen and oxygen atoms in total. The first-order chi connectivity index (χ1) is 14.4. The molecule has 2 atom stereocenters. The second-order valence-corrected chi connectivity index (χ2v) is 8.30. The third-order valence-electron chi connectivity index (χ3n) is 6.29. The highest BCUT2D eigenvalue weighted by Gasteiger charge is 2.58. The molecule has 3 heterocycles. The van der Waals surface area contributed by atoms with Crippen LogP contribution in [-0.4, -0.2) is 45.5 Å². The summed E-state index contributed by atoms with van der Waals surface area (Å²) in [5.41, 5.74) is 7.84. The molecule has 3 fully saturated rings. The quantitative estimate of drug-likeness (QED) is 0.779. The Hall–Kier alpha value is -2.84. The van der Waals surface area contributed by atoms with Gasteiger partial charge in [-0.2, -0.15) is 8.78 Å². The van der Waals surface area contributed by atoms with Crippen LogP contribution in [0.2, 0.25) is 0 Å². The molecular weight excluding hydrogens is 392 g/mol. The Kier molecular flexibility index (Phi) is 4.56. The number of halogens is 2. The van der Waals surface area contributed by atoms with Crippen molar-refractivity contribution < 1.29 is 18.3 Å². The molecule has 2 aliphatic carbocycles. The normalized spacial score (nSPS) is 24.8. The Balaban J connectivity index is 1.44. The molecule has 1 amide bonds. The summed E-state index contributed by atoms with van der Waals surface area (Å²) >= 11 is 0. The van der Waals surface area contributed by atoms with Crippen LogP contribution in [0.25, 0.3) is 11.3 Å². The van der Waals surface area contributed by atoms with Gasteiger partial charge >= 0.3 is 6.61 Å². The minimum absolute atomic E-state index is 0.0897. The van der Waals surface area contributed by atoms with E-state index in [1.54, 1.807) is 0 Å². The topological polar surface area (TPSA) is 94.2 Å². The number of hydrogen-bond acceptors (Lipinski definition) is 6. The zero-order chi connectivity index (χ0) is 21.0. The van der Waals surface area contributed by atoms with E-state index in [1.165, 1.54) is 12.3 Å². The van der Waals surface area contributed by atoms with Crippen LogP contribution in [0.1, 0.15) is 49.5 Å². The lowest BCUT2D eigenvalue weighted by Crippen LogP contribution is -2.30. The van der Waals surface area contributed by atoms with Crippen LogP contribution in [0.15, 0.2) is 18.3 Å². The molecule has 0 radical (unpaired) electrons. The van der Waals surface area contributed by atoms with Crippen molar-refractivity contribution in [1.82, 2.24) is 19.9 Å². The third kappa shape index (κ3) is 3.46. The van der Waals surface area contributed by atoms with Gasteiger partial charge in [0.1, 0.15) is 5.82 Å². The number of nitrogens with two attached hydrogens (primary N) is 1. The summed E-state index contributed by atoms with van der Waals surface area (Å²) in [5.74, 6) is 2.25. The van der Waals surface area contributed by atoms with Crippen molar-refractivity contribution in [3.05, 3.63) is 29.8 Å². The summed E-state index contributed by atoms with van der Waals surface area (Å²) in [7, 11) is 0. The van der Waals surface area contributed by atoms with E-state index in [0.717, 1.165) is 37.4 Å². The van der Waals surface area contributed by atoms with Gasteiger partial charge in [0.15, 0.2) is 11.6 Å². The average Bonchev–Trinajstić information content (AvgIpc) is 3.65. The van der Waals surface area contributed by atoms with Crippen LogP contribution >= 0.6 is 0 Å². The van der Waals surface area contributed by atoms with Gasteiger partial charge in [0.2, 0.25) is 5.91 Å². The number of rotatable bonds is 6. The number of anilines is 1. The van der Waals surface area contributed by atoms with Crippen molar-refractivity contribution in [2.75, 3.05) is 18.8 Å². The molecule has 2 aromatic heterocycles. The van der Waals surface area contributed by atoms with Gasteiger partial charge < -0.3 is 15.4 Å². The second kappa shape index (κ2) is 7.14. The van der Waals surface area contributed by atoms with E-state index >= 15 is 0 Å². The molecule has 0 aromatic carbocycles. The number of nitrogen functional groups attached to an aromatic ring is 1. The van der Waals surface area contributed by atoms with Gasteiger partial charge in [0, 0.05) is 48.8 Å². The minimum Gasteiger partial charge on any atom is -0.431 e. The summed E-state index contributed by atoms with van der Waals surface area (Å²) in [6.07, 6.45) is 4.16. The number of alkyl halides is 2. The maximum absolute atomic E-state index is 12.7. The molecule has 2 aromatic rings. The molecule has 2 saturated carbocycles. The molecule has 158 valence electrons. The number of pyridine rings is 1. The first-order valence-corrected chi connectivity index (χ1v) is 10.3. The van der Waals surface area contributed by atoms with Crippen molar-refractivity contribution in [3.8, 4) is 17.0 Å². The number of fused-ring (bicyclic) bond motifs is 1. The average molecular weight is 415 g/mol. The SMILES string of the molecule is CCC(=O)N1CC2C(C1)C2c1cc(-c2cnc(N)c(OC(F)F)c2)nc(C2CC2)n1. The number of ether oxygens (including phenoxy) is 1. The van der Waals surface area contributed by atoms with Crippen molar-refractivity contribution in [1.29, 1.82) is 0 Å². The van der Waals surface area contributed by atoms with Gasteiger partial charge in [-0.15, -0.1) is 0 Å². The van der Waals surface area contributed by atoms with Gasteiger partial charge in [-0.3, -0.25) is 4.79 Å². The van der Waals surface area contributed by atoms with Crippen LogP contribution in [0.5, 0.6) is 5.75 Å². The summed E-state index contributed by atoms with van der Waals surface area (Å²) in [5, 5.41) is 0. The molecule has 1 saturated heterocycles. The van der Waals surface area contributed by atoms with E-state index in [-0.39, 0.29) is 17.5 Å². The number of aromatic nitrogens is 3. The Labute approximate surface area is 172 Å². The number of carbonyl (C=O) groups is 1. The van der Waals surface area contributed by atoms with E-state index in [4.69, 9.17) is 10.7 Å². The Morgan fingerprint density at radius 3 is 2.63 bits per heavy atom. The smallest absolute Gasteiger partial charge is 0.387 e. The molecule has 2 unspecified atom stereocenters. The third-order valence-corrected chi connectivity index (χ3v) is 6.29. The van der Waals surface area contributed by atoms with Crippen LogP contribution in [0, 0.1) is 11.8 Å². The highest BCUT2D eigenvalue weighted by atomic mass is 19.3. The molecule has 30 heavy (non-hydrogen) atoms. The summed E-state index contributed by atoms with van der Waals surface area (Å²) in [6.45, 7) is 0.452. The number of likely N-dealkylation sites (tertiary alicyclic amines) is 1. The fourth-order valence-electron chi connectivity index (χ4n) is 4.51. The van der Waals surface area contributed by atoms with Gasteiger partial charge in [0.05, 0.1) is 5.69 Å². The Morgan fingerprint density at radius 2 is 2.00 bits per heavy atom. The van der Waals surface area contributed by atoms with Crippen LogP contribution < -0.4 is 10.5 Å². The number of hydrogen-bond donors (Lipinski definition) is 1. The first kappa shape index (κ1) is 19.1. The molecule has 0 spiro atoms. The Morgan fingerprint density at radius 1 is 1.27 bits per heavy atom. The van der Waals surface area contributed by atoms with Gasteiger partial charge in [-0.25, -0.2) is 15.0 Å². The van der Waals surface area contributed by atoms with Crippen LogP contribution in [-0.2, 0) is 4.79 Å². The fourth-order valence-corrected chi connectivity index (χ4v) is 4.51. The van der Waals surface area contributed by atoms with Gasteiger partial charge in [0.25, 0.3) is 0 Å². The van der Waals surface area contributed by atoms with Crippen LogP contribution in [0.4, 0.5) is 14.6 Å². The predicted molar refractivity (Wildman–Crippen MR) is 105 cm³/mol. The zero-order valence-corrected chi connectivity index (χ0v) is 16.6. The molecule has 3 aliphatic rings. The van der Waals surface area contributed by atoms with Crippen molar-refractivity contribution >= 4 is 11.7 Å². The highest BCUT2D eigenvalue weighted by Crippen LogP contribution is 2.58. The van der Waals surface area contributed by atoms with E-state index in [1.807, 2.05) is 17.9 Å². The van der Waals surface area contributed by atoms with Gasteiger partial charge in [-0.05, 0) is 36.8 Å². The maximum Gasteiger partial charge on any atom is 0.387 e. The minimum atomic E-state index is -2.98. The van der Waals surface area contributed by atoms with Crippen molar-refractivity contribution in [2.45, 2.75) is 44.6 Å². The molecular formula is C21H23F2N5O2. The molecule has 5 rings (SSSR count). The molecule has 2 N–H and O–H groups in total. The number of carbonyl (C=O) groups excluding carboxylic acids is 1. The Bertz CT molecular complexity index is 985. The van der Waals surface area contributed by atoms with Crippen LogP contribution in [0.3, 0.4) is 0 Å². The van der Waals surface area contributed by atoms with E-state index in [9.17, 15) is 13.6 Å². The second-order valence-electron chi connectivity index (χ2n) is 8.30. The van der Waals surface area contributed by atoms with Crippen molar-refractivity contribution in [3.63, 3.8) is 0 Å². The summed E-state index contributed by atoms with van der Waals surface area (Å²) in [4.78, 5) is 27.4. The van der Waals surface area contributed by atoms with Crippen molar-refractivity contribution in [2.24, 2.45) is 11.8 Å². The highest BCUT2D eigenvalue weighted by molar-refractivity contribution is 5.76. The largest absolute Gasteiger partial charge is 0.431 e. The number of amides is 1. The summed E-state index contributed by atoms with van der Waals surface area (Å²) < 4.78 is 29.8. The first-order valence-electron chi connectivity index (χ1n) is 10.3. The number of piperidine rings is 1. The van der Waals surface area contributed by atoms with E-state index < -0.39 is 6.61 Å². The molecule has 1 aliphatic heterocycles. The van der Waals surface area contributed by atoms with E-state index in [0.29, 0.717) is 41.3 Å².